The van der Waals surface area contributed by atoms with E-state index >= 15 is 0 Å². The summed E-state index contributed by atoms with van der Waals surface area (Å²) in [5.74, 6) is -0.845. The van der Waals surface area contributed by atoms with Crippen molar-refractivity contribution in [2.75, 3.05) is 10.6 Å². The number of halogens is 2. The van der Waals surface area contributed by atoms with Gasteiger partial charge in [0.15, 0.2) is 0 Å². The van der Waals surface area contributed by atoms with E-state index in [-0.39, 0.29) is 6.42 Å². The van der Waals surface area contributed by atoms with Gasteiger partial charge in [-0.15, -0.1) is 0 Å². The van der Waals surface area contributed by atoms with Gasteiger partial charge in [0.1, 0.15) is 6.42 Å². The zero-order valence-corrected chi connectivity index (χ0v) is 13.3. The van der Waals surface area contributed by atoms with E-state index in [2.05, 4.69) is 10.6 Å². The van der Waals surface area contributed by atoms with Crippen molar-refractivity contribution in [3.63, 3.8) is 0 Å². The van der Waals surface area contributed by atoms with Crippen molar-refractivity contribution in [1.82, 2.24) is 0 Å². The van der Waals surface area contributed by atoms with Crippen molar-refractivity contribution in [2.24, 2.45) is 0 Å². The highest BCUT2D eigenvalue weighted by Gasteiger charge is 2.11. The lowest BCUT2D eigenvalue weighted by molar-refractivity contribution is -0.123. The number of hydrogen-bond acceptors (Lipinski definition) is 2. The third-order valence-corrected chi connectivity index (χ3v) is 3.38. The molecule has 4 nitrogen and oxygen atoms in total. The van der Waals surface area contributed by atoms with Crippen LogP contribution in [-0.4, -0.2) is 11.8 Å². The first kappa shape index (κ1) is 16.3. The Morgan fingerprint density at radius 2 is 1.73 bits per heavy atom. The van der Waals surface area contributed by atoms with E-state index < -0.39 is 11.8 Å². The molecule has 2 aromatic carbocycles. The summed E-state index contributed by atoms with van der Waals surface area (Å²) >= 11 is 11.7. The molecule has 0 aliphatic rings. The monoisotopic (exact) mass is 336 g/mol. The van der Waals surface area contributed by atoms with Crippen LogP contribution < -0.4 is 10.6 Å². The van der Waals surface area contributed by atoms with Crippen LogP contribution >= 0.6 is 23.2 Å². The van der Waals surface area contributed by atoms with Gasteiger partial charge >= 0.3 is 0 Å². The fraction of sp³-hybridized carbons (Fsp3) is 0.125. The Balaban J connectivity index is 1.92. The van der Waals surface area contributed by atoms with Gasteiger partial charge in [-0.1, -0.05) is 35.3 Å². The van der Waals surface area contributed by atoms with E-state index in [1.807, 2.05) is 25.1 Å². The van der Waals surface area contributed by atoms with Gasteiger partial charge < -0.3 is 10.6 Å². The third-order valence-electron chi connectivity index (χ3n) is 2.83. The summed E-state index contributed by atoms with van der Waals surface area (Å²) in [5.41, 5.74) is 2.09. The maximum Gasteiger partial charge on any atom is 0.233 e. The molecular formula is C16H14Cl2N2O2. The Kier molecular flexibility index (Phi) is 5.41. The molecule has 2 aromatic rings. The molecule has 2 N–H and O–H groups in total. The quantitative estimate of drug-likeness (QED) is 0.819. The molecule has 0 bridgehead atoms. The summed E-state index contributed by atoms with van der Waals surface area (Å²) in [7, 11) is 0. The number of benzene rings is 2. The molecule has 0 unspecified atom stereocenters. The fourth-order valence-electron chi connectivity index (χ4n) is 1.86. The zero-order chi connectivity index (χ0) is 16.1. The first-order valence-electron chi connectivity index (χ1n) is 6.55. The first-order chi connectivity index (χ1) is 10.4. The van der Waals surface area contributed by atoms with Crippen LogP contribution in [0.2, 0.25) is 10.0 Å². The summed E-state index contributed by atoms with van der Waals surface area (Å²) in [6.07, 6.45) is -0.299. The highest BCUT2D eigenvalue weighted by molar-refractivity contribution is 6.36. The zero-order valence-electron chi connectivity index (χ0n) is 11.8. The molecule has 0 saturated heterocycles. The summed E-state index contributed by atoms with van der Waals surface area (Å²) < 4.78 is 0. The van der Waals surface area contributed by atoms with Crippen molar-refractivity contribution < 1.29 is 9.59 Å². The number of anilines is 2. The molecular weight excluding hydrogens is 323 g/mol. The van der Waals surface area contributed by atoms with Crippen molar-refractivity contribution in [2.45, 2.75) is 13.3 Å². The van der Waals surface area contributed by atoms with Crippen molar-refractivity contribution in [3.05, 3.63) is 58.1 Å². The van der Waals surface area contributed by atoms with Crippen LogP contribution in [-0.2, 0) is 9.59 Å². The number of amides is 2. The number of rotatable bonds is 4. The number of carbonyl (C=O) groups excluding carboxylic acids is 2. The molecule has 0 spiro atoms. The first-order valence-corrected chi connectivity index (χ1v) is 7.31. The minimum atomic E-state index is -0.450. The van der Waals surface area contributed by atoms with Crippen LogP contribution in [0.25, 0.3) is 0 Å². The van der Waals surface area contributed by atoms with E-state index in [9.17, 15) is 9.59 Å². The van der Waals surface area contributed by atoms with E-state index in [0.717, 1.165) is 5.56 Å². The Morgan fingerprint density at radius 3 is 2.41 bits per heavy atom. The second kappa shape index (κ2) is 7.29. The van der Waals surface area contributed by atoms with Gasteiger partial charge in [0.25, 0.3) is 0 Å². The standard InChI is InChI=1S/C16H14Cl2N2O2/c1-10-3-2-4-12(7-10)19-15(21)9-16(22)20-14-6-5-11(17)8-13(14)18/h2-8H,9H2,1H3,(H,19,21)(H,20,22). The molecule has 2 amide bonds. The van der Waals surface area contributed by atoms with Crippen LogP contribution in [0.4, 0.5) is 11.4 Å². The second-order valence-corrected chi connectivity index (χ2v) is 5.61. The summed E-state index contributed by atoms with van der Waals surface area (Å²) in [4.78, 5) is 23.7. The van der Waals surface area contributed by atoms with Crippen molar-refractivity contribution in [3.8, 4) is 0 Å². The maximum absolute atomic E-state index is 11.9. The summed E-state index contributed by atoms with van der Waals surface area (Å²) in [5, 5.41) is 6.04. The van der Waals surface area contributed by atoms with Crippen LogP contribution in [0.1, 0.15) is 12.0 Å². The molecule has 6 heteroatoms. The fourth-order valence-corrected chi connectivity index (χ4v) is 2.31. The maximum atomic E-state index is 11.9. The average Bonchev–Trinajstić information content (AvgIpc) is 2.41. The van der Waals surface area contributed by atoms with Crippen LogP contribution in [0, 0.1) is 6.92 Å². The van der Waals surface area contributed by atoms with Gasteiger partial charge in [-0.3, -0.25) is 9.59 Å². The summed E-state index contributed by atoms with van der Waals surface area (Å²) in [6, 6.07) is 12.1. The lowest BCUT2D eigenvalue weighted by Crippen LogP contribution is -2.21. The molecule has 0 aliphatic heterocycles. The highest BCUT2D eigenvalue weighted by Crippen LogP contribution is 2.25. The van der Waals surface area contributed by atoms with Gasteiger partial charge in [-0.25, -0.2) is 0 Å². The average molecular weight is 337 g/mol. The van der Waals surface area contributed by atoms with E-state index in [4.69, 9.17) is 23.2 Å². The molecule has 22 heavy (non-hydrogen) atoms. The van der Waals surface area contributed by atoms with E-state index in [1.165, 1.54) is 6.07 Å². The Hall–Kier alpha value is -2.04. The van der Waals surface area contributed by atoms with Crippen molar-refractivity contribution >= 4 is 46.4 Å². The molecule has 0 aliphatic carbocycles. The number of aryl methyl sites for hydroxylation is 1. The van der Waals surface area contributed by atoms with Gasteiger partial charge in [-0.2, -0.15) is 0 Å². The largest absolute Gasteiger partial charge is 0.326 e. The Morgan fingerprint density at radius 1 is 1.00 bits per heavy atom. The molecule has 0 fully saturated rings. The highest BCUT2D eigenvalue weighted by atomic mass is 35.5. The second-order valence-electron chi connectivity index (χ2n) is 4.77. The molecule has 0 heterocycles. The van der Waals surface area contributed by atoms with Gasteiger partial charge in [0.2, 0.25) is 11.8 Å². The van der Waals surface area contributed by atoms with Gasteiger partial charge in [0, 0.05) is 10.7 Å². The minimum absolute atomic E-state index is 0.299. The van der Waals surface area contributed by atoms with Crippen LogP contribution in [0.15, 0.2) is 42.5 Å². The molecule has 0 saturated carbocycles. The number of carbonyl (C=O) groups is 2. The van der Waals surface area contributed by atoms with E-state index in [0.29, 0.717) is 21.4 Å². The third kappa shape index (κ3) is 4.76. The molecule has 0 radical (unpaired) electrons. The SMILES string of the molecule is Cc1cccc(NC(=O)CC(=O)Nc2ccc(Cl)cc2Cl)c1. The predicted molar refractivity (Wildman–Crippen MR) is 89.5 cm³/mol. The lowest BCUT2D eigenvalue weighted by atomic mass is 10.2. The summed E-state index contributed by atoms with van der Waals surface area (Å²) in [6.45, 7) is 1.92. The van der Waals surface area contributed by atoms with Crippen LogP contribution in [0.3, 0.4) is 0 Å². The predicted octanol–water partition coefficient (Wildman–Crippen LogP) is 4.27. The number of hydrogen-bond donors (Lipinski definition) is 2. The molecule has 2 rings (SSSR count). The van der Waals surface area contributed by atoms with Gasteiger partial charge in [0.05, 0.1) is 10.7 Å². The Labute approximate surface area is 138 Å². The smallest absolute Gasteiger partial charge is 0.233 e. The van der Waals surface area contributed by atoms with Gasteiger partial charge in [-0.05, 0) is 42.8 Å². The topological polar surface area (TPSA) is 58.2 Å². The minimum Gasteiger partial charge on any atom is -0.326 e. The van der Waals surface area contributed by atoms with Crippen LogP contribution in [0.5, 0.6) is 0 Å². The molecule has 0 atom stereocenters. The van der Waals surface area contributed by atoms with Crippen molar-refractivity contribution in [1.29, 1.82) is 0 Å². The van der Waals surface area contributed by atoms with E-state index in [1.54, 1.807) is 18.2 Å². The lowest BCUT2D eigenvalue weighted by Gasteiger charge is -2.08. The Bertz CT molecular complexity index is 717. The normalized spacial score (nSPS) is 10.1. The molecule has 0 aromatic heterocycles. The number of nitrogens with one attached hydrogen (secondary N) is 2. The molecule has 114 valence electrons.